The maximum atomic E-state index is 12.2. The number of allylic oxidation sites excluding steroid dienone is 1. The van der Waals surface area contributed by atoms with Crippen LogP contribution in [0.1, 0.15) is 17.8 Å². The van der Waals surface area contributed by atoms with Crippen LogP contribution in [-0.2, 0) is 24.4 Å². The van der Waals surface area contributed by atoms with E-state index in [-0.39, 0.29) is 18.3 Å². The van der Waals surface area contributed by atoms with Crippen LogP contribution < -0.4 is 10.1 Å². The van der Waals surface area contributed by atoms with E-state index in [1.807, 2.05) is 41.8 Å². The zero-order chi connectivity index (χ0) is 19.8. The molecule has 2 aromatic heterocycles. The molecular formula is C18H20N6O2S2. The first-order chi connectivity index (χ1) is 13.7. The molecule has 0 aliphatic rings. The second-order valence-electron chi connectivity index (χ2n) is 5.59. The highest BCUT2D eigenvalue weighted by atomic mass is 32.2. The number of hydrogen-bond acceptors (Lipinski definition) is 8. The third-order valence-electron chi connectivity index (χ3n) is 3.56. The van der Waals surface area contributed by atoms with Crippen LogP contribution in [0.4, 0.5) is 5.13 Å². The fraction of sp³-hybridized carbons (Fsp3) is 0.278. The van der Waals surface area contributed by atoms with Gasteiger partial charge in [0, 0.05) is 6.54 Å². The smallest absolute Gasteiger partial charge is 0.236 e. The lowest BCUT2D eigenvalue weighted by atomic mass is 10.3. The Morgan fingerprint density at radius 3 is 2.82 bits per heavy atom. The molecule has 10 heteroatoms. The molecule has 0 saturated carbocycles. The van der Waals surface area contributed by atoms with Crippen molar-refractivity contribution >= 4 is 34.1 Å². The number of aromatic nitrogens is 5. The first kappa shape index (κ1) is 20.0. The van der Waals surface area contributed by atoms with Gasteiger partial charge in [0.05, 0.1) is 5.75 Å². The molecule has 0 aliphatic carbocycles. The molecule has 1 N–H and O–H groups in total. The summed E-state index contributed by atoms with van der Waals surface area (Å²) in [6.45, 7) is 6.58. The second-order valence-corrected chi connectivity index (χ2v) is 7.60. The number of nitrogens with zero attached hydrogens (tertiary/aromatic N) is 5. The summed E-state index contributed by atoms with van der Waals surface area (Å²) in [4.78, 5) is 12.2. The van der Waals surface area contributed by atoms with Crippen molar-refractivity contribution in [1.82, 2.24) is 25.0 Å². The minimum atomic E-state index is -0.168. The van der Waals surface area contributed by atoms with Gasteiger partial charge in [-0.15, -0.1) is 27.0 Å². The molecule has 1 aromatic carbocycles. The van der Waals surface area contributed by atoms with Gasteiger partial charge in [0.25, 0.3) is 0 Å². The minimum Gasteiger partial charge on any atom is -0.486 e. The van der Waals surface area contributed by atoms with E-state index in [1.54, 1.807) is 6.08 Å². The topological polar surface area (TPSA) is 94.8 Å². The first-order valence-corrected chi connectivity index (χ1v) is 10.5. The SMILES string of the molecule is C=CCn1c(COc2ccccc2)nnc1SCC(=O)Nc1nnc(CC)s1. The highest BCUT2D eigenvalue weighted by molar-refractivity contribution is 7.99. The molecule has 28 heavy (non-hydrogen) atoms. The van der Waals surface area contributed by atoms with Crippen molar-refractivity contribution in [1.29, 1.82) is 0 Å². The van der Waals surface area contributed by atoms with Crippen molar-refractivity contribution in [2.75, 3.05) is 11.1 Å². The fourth-order valence-corrected chi connectivity index (χ4v) is 3.70. The Labute approximate surface area is 171 Å². The molecule has 0 fully saturated rings. The molecule has 0 unspecified atom stereocenters. The van der Waals surface area contributed by atoms with Gasteiger partial charge in [-0.2, -0.15) is 0 Å². The monoisotopic (exact) mass is 416 g/mol. The number of nitrogens with one attached hydrogen (secondary N) is 1. The lowest BCUT2D eigenvalue weighted by Gasteiger charge is -2.09. The summed E-state index contributed by atoms with van der Waals surface area (Å²) in [6.07, 6.45) is 2.55. The first-order valence-electron chi connectivity index (χ1n) is 8.65. The van der Waals surface area contributed by atoms with Crippen LogP contribution in [0.5, 0.6) is 5.75 Å². The van der Waals surface area contributed by atoms with Crippen molar-refractivity contribution < 1.29 is 9.53 Å². The maximum Gasteiger partial charge on any atom is 0.236 e. The summed E-state index contributed by atoms with van der Waals surface area (Å²) in [5.41, 5.74) is 0. The van der Waals surface area contributed by atoms with Gasteiger partial charge in [-0.3, -0.25) is 14.7 Å². The predicted molar refractivity (Wildman–Crippen MR) is 110 cm³/mol. The summed E-state index contributed by atoms with van der Waals surface area (Å²) in [6, 6.07) is 9.51. The molecule has 146 valence electrons. The number of anilines is 1. The van der Waals surface area contributed by atoms with Crippen molar-refractivity contribution in [3.05, 3.63) is 53.8 Å². The van der Waals surface area contributed by atoms with E-state index >= 15 is 0 Å². The van der Waals surface area contributed by atoms with Crippen LogP contribution in [-0.4, -0.2) is 36.6 Å². The molecule has 0 atom stereocenters. The third kappa shape index (κ3) is 5.40. The van der Waals surface area contributed by atoms with Gasteiger partial charge in [0.15, 0.2) is 11.0 Å². The van der Waals surface area contributed by atoms with Gasteiger partial charge in [0.1, 0.15) is 17.4 Å². The number of aryl methyl sites for hydroxylation is 1. The molecule has 0 radical (unpaired) electrons. The van der Waals surface area contributed by atoms with Crippen molar-refractivity contribution in [3.63, 3.8) is 0 Å². The number of ether oxygens (including phenoxy) is 1. The second kappa shape index (κ2) is 10.00. The number of carbonyl (C=O) groups excluding carboxylic acids is 1. The van der Waals surface area contributed by atoms with Gasteiger partial charge in [-0.05, 0) is 18.6 Å². The molecular weight excluding hydrogens is 396 g/mol. The van der Waals surface area contributed by atoms with Crippen LogP contribution in [0.25, 0.3) is 0 Å². The maximum absolute atomic E-state index is 12.2. The molecule has 3 rings (SSSR count). The van der Waals surface area contributed by atoms with Gasteiger partial charge in [0.2, 0.25) is 11.0 Å². The lowest BCUT2D eigenvalue weighted by Crippen LogP contribution is -2.15. The highest BCUT2D eigenvalue weighted by Gasteiger charge is 2.15. The quantitative estimate of drug-likeness (QED) is 0.401. The van der Waals surface area contributed by atoms with Gasteiger partial charge < -0.3 is 4.74 Å². The predicted octanol–water partition coefficient (Wildman–Crippen LogP) is 3.19. The largest absolute Gasteiger partial charge is 0.486 e. The van der Waals surface area contributed by atoms with Crippen LogP contribution in [0.3, 0.4) is 0 Å². The molecule has 0 aliphatic heterocycles. The van der Waals surface area contributed by atoms with Crippen LogP contribution in [0.15, 0.2) is 48.1 Å². The molecule has 3 aromatic rings. The standard InChI is InChI=1S/C18H20N6O2S2/c1-3-10-24-14(11-26-13-8-6-5-7-9-13)20-23-18(24)27-12-15(25)19-17-22-21-16(4-2)28-17/h3,5-9H,1,4,10-12H2,2H3,(H,19,22,25). The number of para-hydroxylation sites is 1. The van der Waals surface area contributed by atoms with E-state index in [9.17, 15) is 4.79 Å². The van der Waals surface area contributed by atoms with Crippen molar-refractivity contribution in [2.45, 2.75) is 31.7 Å². The number of hydrogen-bond donors (Lipinski definition) is 1. The Balaban J connectivity index is 1.59. The third-order valence-corrected chi connectivity index (χ3v) is 5.51. The molecule has 0 saturated heterocycles. The minimum absolute atomic E-state index is 0.168. The number of benzene rings is 1. The number of rotatable bonds is 10. The lowest BCUT2D eigenvalue weighted by molar-refractivity contribution is -0.113. The normalized spacial score (nSPS) is 10.6. The Morgan fingerprint density at radius 2 is 2.11 bits per heavy atom. The van der Waals surface area contributed by atoms with Crippen LogP contribution in [0.2, 0.25) is 0 Å². The molecule has 0 spiro atoms. The Kier molecular flexibility index (Phi) is 7.15. The summed E-state index contributed by atoms with van der Waals surface area (Å²) in [5, 5.41) is 21.1. The average Bonchev–Trinajstić information content (AvgIpc) is 3.32. The van der Waals surface area contributed by atoms with Crippen LogP contribution >= 0.6 is 23.1 Å². The molecule has 0 bridgehead atoms. The number of thioether (sulfide) groups is 1. The van der Waals surface area contributed by atoms with E-state index in [2.05, 4.69) is 32.3 Å². The summed E-state index contributed by atoms with van der Waals surface area (Å²) >= 11 is 2.68. The van der Waals surface area contributed by atoms with Crippen molar-refractivity contribution in [2.24, 2.45) is 0 Å². The van der Waals surface area contributed by atoms with Gasteiger partial charge >= 0.3 is 0 Å². The molecule has 8 nitrogen and oxygen atoms in total. The van der Waals surface area contributed by atoms with E-state index in [4.69, 9.17) is 4.74 Å². The summed E-state index contributed by atoms with van der Waals surface area (Å²) < 4.78 is 7.63. The van der Waals surface area contributed by atoms with Crippen LogP contribution in [0, 0.1) is 0 Å². The fourth-order valence-electron chi connectivity index (χ4n) is 2.24. The highest BCUT2D eigenvalue weighted by Crippen LogP contribution is 2.20. The van der Waals surface area contributed by atoms with Crippen molar-refractivity contribution in [3.8, 4) is 5.75 Å². The zero-order valence-electron chi connectivity index (χ0n) is 15.4. The summed E-state index contributed by atoms with van der Waals surface area (Å²) in [5.74, 6) is 1.45. The Morgan fingerprint density at radius 1 is 1.29 bits per heavy atom. The Bertz CT molecular complexity index is 925. The van der Waals surface area contributed by atoms with E-state index in [0.29, 0.717) is 22.7 Å². The average molecular weight is 417 g/mol. The van der Waals surface area contributed by atoms with E-state index in [0.717, 1.165) is 17.2 Å². The number of amides is 1. The zero-order valence-corrected chi connectivity index (χ0v) is 17.0. The summed E-state index contributed by atoms with van der Waals surface area (Å²) in [7, 11) is 0. The van der Waals surface area contributed by atoms with Gasteiger partial charge in [-0.25, -0.2) is 0 Å². The van der Waals surface area contributed by atoms with E-state index < -0.39 is 0 Å². The molecule has 1 amide bonds. The molecule has 2 heterocycles. The van der Waals surface area contributed by atoms with Gasteiger partial charge in [-0.1, -0.05) is 54.3 Å². The number of carbonyl (C=O) groups is 1. The Hall–Kier alpha value is -2.72. The van der Waals surface area contributed by atoms with E-state index in [1.165, 1.54) is 23.1 Å².